The fourth-order valence-electron chi connectivity index (χ4n) is 2.66. The van der Waals surface area contributed by atoms with Crippen LogP contribution in [0.1, 0.15) is 28.5 Å². The van der Waals surface area contributed by atoms with Crippen LogP contribution in [-0.4, -0.2) is 28.2 Å². The predicted octanol–water partition coefficient (Wildman–Crippen LogP) is 4.64. The van der Waals surface area contributed by atoms with Crippen molar-refractivity contribution in [3.05, 3.63) is 81.8 Å². The number of likely N-dealkylation sites (N-methyl/N-ethyl adjacent to an activating group) is 1. The molecule has 144 valence electrons. The van der Waals surface area contributed by atoms with Gasteiger partial charge in [-0.1, -0.05) is 41.9 Å². The van der Waals surface area contributed by atoms with Gasteiger partial charge in [-0.25, -0.2) is 4.98 Å². The van der Waals surface area contributed by atoms with E-state index in [1.807, 2.05) is 37.3 Å². The Morgan fingerprint density at radius 2 is 1.82 bits per heavy atom. The summed E-state index contributed by atoms with van der Waals surface area (Å²) < 4.78 is 0. The van der Waals surface area contributed by atoms with Gasteiger partial charge in [-0.2, -0.15) is 0 Å². The minimum Gasteiger partial charge on any atom is -0.338 e. The van der Waals surface area contributed by atoms with E-state index in [0.29, 0.717) is 34.5 Å². The first-order valence-corrected chi connectivity index (χ1v) is 10.1. The summed E-state index contributed by atoms with van der Waals surface area (Å²) in [6, 6.07) is 16.5. The monoisotopic (exact) mass is 413 g/mol. The van der Waals surface area contributed by atoms with E-state index in [1.54, 1.807) is 34.5 Å². The Balaban J connectivity index is 1.59. The Labute approximate surface area is 173 Å². The third-order valence-corrected chi connectivity index (χ3v) is 5.22. The molecule has 0 saturated carbocycles. The smallest absolute Gasteiger partial charge is 0.257 e. The molecule has 5 nitrogen and oxygen atoms in total. The van der Waals surface area contributed by atoms with E-state index in [0.717, 1.165) is 5.56 Å². The van der Waals surface area contributed by atoms with Crippen LogP contribution in [0.2, 0.25) is 5.02 Å². The fraction of sp³-hybridized carbons (Fsp3) is 0.190. The maximum absolute atomic E-state index is 12.6. The standard InChI is InChI=1S/C21H20ClN3O2S/c1-2-25(13-15-6-4-3-5-7-15)19(26)12-18-14-28-21(23-18)24-20(27)16-8-10-17(22)11-9-16/h3-11,14H,2,12-13H2,1H3,(H,23,24,27). The number of nitrogens with one attached hydrogen (secondary N) is 1. The van der Waals surface area contributed by atoms with Crippen molar-refractivity contribution in [3.8, 4) is 0 Å². The van der Waals surface area contributed by atoms with Crippen LogP contribution in [-0.2, 0) is 17.8 Å². The number of carbonyl (C=O) groups excluding carboxylic acids is 2. The summed E-state index contributed by atoms with van der Waals surface area (Å²) in [6.07, 6.45) is 0.202. The predicted molar refractivity (Wildman–Crippen MR) is 113 cm³/mol. The maximum Gasteiger partial charge on any atom is 0.257 e. The van der Waals surface area contributed by atoms with E-state index in [4.69, 9.17) is 11.6 Å². The summed E-state index contributed by atoms with van der Waals surface area (Å²) >= 11 is 7.14. The van der Waals surface area contributed by atoms with Crippen molar-refractivity contribution in [2.45, 2.75) is 19.9 Å². The number of thiazole rings is 1. The van der Waals surface area contributed by atoms with Crippen LogP contribution in [0, 0.1) is 0 Å². The lowest BCUT2D eigenvalue weighted by atomic mass is 10.2. The van der Waals surface area contributed by atoms with Crippen molar-refractivity contribution in [2.24, 2.45) is 0 Å². The van der Waals surface area contributed by atoms with Crippen LogP contribution in [0.3, 0.4) is 0 Å². The molecular weight excluding hydrogens is 394 g/mol. The highest BCUT2D eigenvalue weighted by molar-refractivity contribution is 7.14. The number of hydrogen-bond donors (Lipinski definition) is 1. The third kappa shape index (κ3) is 5.41. The zero-order valence-electron chi connectivity index (χ0n) is 15.4. The van der Waals surface area contributed by atoms with Crippen LogP contribution in [0.25, 0.3) is 0 Å². The first-order chi connectivity index (χ1) is 13.5. The molecule has 1 N–H and O–H groups in total. The molecule has 0 aliphatic heterocycles. The second kappa shape index (κ2) is 9.48. The summed E-state index contributed by atoms with van der Waals surface area (Å²) in [4.78, 5) is 31.0. The van der Waals surface area contributed by atoms with Crippen molar-refractivity contribution in [1.29, 1.82) is 0 Å². The zero-order chi connectivity index (χ0) is 19.9. The number of carbonyl (C=O) groups is 2. The van der Waals surface area contributed by atoms with Crippen LogP contribution >= 0.6 is 22.9 Å². The molecule has 0 fully saturated rings. The van der Waals surface area contributed by atoms with Crippen LogP contribution in [0.15, 0.2) is 60.0 Å². The van der Waals surface area contributed by atoms with Crippen LogP contribution in [0.5, 0.6) is 0 Å². The molecule has 2 aromatic carbocycles. The van der Waals surface area contributed by atoms with Gasteiger partial charge in [-0.05, 0) is 36.8 Å². The first-order valence-electron chi connectivity index (χ1n) is 8.88. The van der Waals surface area contributed by atoms with Crippen LogP contribution < -0.4 is 5.32 Å². The minimum atomic E-state index is -0.261. The molecule has 0 spiro atoms. The topological polar surface area (TPSA) is 62.3 Å². The molecule has 28 heavy (non-hydrogen) atoms. The van der Waals surface area contributed by atoms with E-state index in [2.05, 4.69) is 10.3 Å². The Bertz CT molecular complexity index is 942. The highest BCUT2D eigenvalue weighted by Gasteiger charge is 2.16. The minimum absolute atomic E-state index is 0.00670. The number of aromatic nitrogens is 1. The second-order valence-electron chi connectivity index (χ2n) is 6.18. The molecular formula is C21H20ClN3O2S. The number of hydrogen-bond acceptors (Lipinski definition) is 4. The first kappa shape index (κ1) is 20.0. The number of amides is 2. The summed E-state index contributed by atoms with van der Waals surface area (Å²) in [5.41, 5.74) is 2.23. The quantitative estimate of drug-likeness (QED) is 0.613. The number of benzene rings is 2. The largest absolute Gasteiger partial charge is 0.338 e. The molecule has 2 amide bonds. The lowest BCUT2D eigenvalue weighted by molar-refractivity contribution is -0.130. The molecule has 3 aromatic rings. The molecule has 0 bridgehead atoms. The number of halogens is 1. The molecule has 0 atom stereocenters. The van der Waals surface area contributed by atoms with Gasteiger partial charge >= 0.3 is 0 Å². The second-order valence-corrected chi connectivity index (χ2v) is 7.47. The summed E-state index contributed by atoms with van der Waals surface area (Å²) in [5.74, 6) is -0.254. The van der Waals surface area contributed by atoms with Gasteiger partial charge in [-0.15, -0.1) is 11.3 Å². The normalized spacial score (nSPS) is 10.5. The number of nitrogens with zero attached hydrogens (tertiary/aromatic N) is 2. The van der Waals surface area contributed by atoms with Crippen molar-refractivity contribution >= 4 is 39.9 Å². The molecule has 1 aromatic heterocycles. The molecule has 0 aliphatic rings. The molecule has 0 radical (unpaired) electrons. The van der Waals surface area contributed by atoms with Gasteiger partial charge in [-0.3, -0.25) is 14.9 Å². The Hall–Kier alpha value is -2.70. The highest BCUT2D eigenvalue weighted by atomic mass is 35.5. The van der Waals surface area contributed by atoms with E-state index >= 15 is 0 Å². The lowest BCUT2D eigenvalue weighted by Gasteiger charge is -2.20. The van der Waals surface area contributed by atoms with E-state index < -0.39 is 0 Å². The highest BCUT2D eigenvalue weighted by Crippen LogP contribution is 2.18. The SMILES string of the molecule is CCN(Cc1ccccc1)C(=O)Cc1csc(NC(=O)c2ccc(Cl)cc2)n1. The number of anilines is 1. The van der Waals surface area contributed by atoms with Gasteiger partial charge in [0, 0.05) is 29.1 Å². The van der Waals surface area contributed by atoms with Crippen molar-refractivity contribution in [1.82, 2.24) is 9.88 Å². The Morgan fingerprint density at radius 1 is 1.11 bits per heavy atom. The summed E-state index contributed by atoms with van der Waals surface area (Å²) in [6.45, 7) is 3.15. The summed E-state index contributed by atoms with van der Waals surface area (Å²) in [5, 5.41) is 5.59. The number of rotatable bonds is 7. The van der Waals surface area contributed by atoms with Gasteiger partial charge in [0.15, 0.2) is 5.13 Å². The van der Waals surface area contributed by atoms with Gasteiger partial charge in [0.1, 0.15) is 0 Å². The fourth-order valence-corrected chi connectivity index (χ4v) is 3.49. The summed E-state index contributed by atoms with van der Waals surface area (Å²) in [7, 11) is 0. The van der Waals surface area contributed by atoms with Gasteiger partial charge in [0.25, 0.3) is 5.91 Å². The van der Waals surface area contributed by atoms with Gasteiger partial charge < -0.3 is 4.90 Å². The average Bonchev–Trinajstić information content (AvgIpc) is 3.14. The average molecular weight is 414 g/mol. The molecule has 1 heterocycles. The Morgan fingerprint density at radius 3 is 2.50 bits per heavy atom. The molecule has 0 unspecified atom stereocenters. The van der Waals surface area contributed by atoms with Crippen LogP contribution in [0.4, 0.5) is 5.13 Å². The molecule has 3 rings (SSSR count). The Kier molecular flexibility index (Phi) is 6.79. The maximum atomic E-state index is 12.6. The van der Waals surface area contributed by atoms with Crippen molar-refractivity contribution < 1.29 is 9.59 Å². The lowest BCUT2D eigenvalue weighted by Crippen LogP contribution is -2.31. The molecule has 7 heteroatoms. The molecule has 0 saturated heterocycles. The van der Waals surface area contributed by atoms with E-state index in [-0.39, 0.29) is 18.2 Å². The third-order valence-electron chi connectivity index (χ3n) is 4.16. The van der Waals surface area contributed by atoms with Gasteiger partial charge in [0.2, 0.25) is 5.91 Å². The van der Waals surface area contributed by atoms with Gasteiger partial charge in [0.05, 0.1) is 12.1 Å². The van der Waals surface area contributed by atoms with E-state index in [1.165, 1.54) is 11.3 Å². The van der Waals surface area contributed by atoms with Crippen molar-refractivity contribution in [3.63, 3.8) is 0 Å². The van der Waals surface area contributed by atoms with E-state index in [9.17, 15) is 9.59 Å². The molecule has 0 aliphatic carbocycles. The van der Waals surface area contributed by atoms with Crippen molar-refractivity contribution in [2.75, 3.05) is 11.9 Å². The zero-order valence-corrected chi connectivity index (χ0v) is 17.0.